The normalized spacial score (nSPS) is 12.2. The molecule has 2 rings (SSSR count). The molecule has 0 saturated heterocycles. The van der Waals surface area contributed by atoms with E-state index in [1.165, 1.54) is 13.2 Å². The maximum atomic E-state index is 14.1. The van der Waals surface area contributed by atoms with Gasteiger partial charge in [-0.15, -0.1) is 0 Å². The van der Waals surface area contributed by atoms with Gasteiger partial charge in [0.15, 0.2) is 0 Å². The summed E-state index contributed by atoms with van der Waals surface area (Å²) >= 11 is 3.15. The molecule has 0 spiro atoms. The zero-order valence-electron chi connectivity index (χ0n) is 10.9. The number of carbonyl (C=O) groups excluding carboxylic acids is 1. The molecule has 20 heavy (non-hydrogen) atoms. The Morgan fingerprint density at radius 1 is 1.40 bits per heavy atom. The maximum absolute atomic E-state index is 14.1. The number of rotatable bonds is 4. The Labute approximate surface area is 124 Å². The quantitative estimate of drug-likeness (QED) is 0.867. The molecule has 2 aromatic rings. The van der Waals surface area contributed by atoms with Crippen LogP contribution in [0.2, 0.25) is 0 Å². The van der Waals surface area contributed by atoms with Crippen LogP contribution in [-0.4, -0.2) is 20.1 Å². The molecule has 0 amide bonds. The van der Waals surface area contributed by atoms with E-state index in [0.29, 0.717) is 15.8 Å². The van der Waals surface area contributed by atoms with Crippen molar-refractivity contribution in [1.82, 2.24) is 5.32 Å². The Bertz CT molecular complexity index is 627. The van der Waals surface area contributed by atoms with Gasteiger partial charge in [-0.25, -0.2) is 9.18 Å². The van der Waals surface area contributed by atoms with Gasteiger partial charge in [0.1, 0.15) is 11.6 Å². The highest BCUT2D eigenvalue weighted by Gasteiger charge is 2.22. The second-order valence-corrected chi connectivity index (χ2v) is 4.91. The van der Waals surface area contributed by atoms with Crippen LogP contribution in [0.4, 0.5) is 4.39 Å². The summed E-state index contributed by atoms with van der Waals surface area (Å²) in [6.45, 7) is 0. The van der Waals surface area contributed by atoms with Crippen LogP contribution in [0.15, 0.2) is 39.2 Å². The van der Waals surface area contributed by atoms with Crippen molar-refractivity contribution >= 4 is 21.9 Å². The minimum Gasteiger partial charge on any atom is -0.463 e. The highest BCUT2D eigenvalue weighted by Crippen LogP contribution is 2.29. The van der Waals surface area contributed by atoms with Gasteiger partial charge in [0, 0.05) is 5.56 Å². The third kappa shape index (κ3) is 2.76. The average Bonchev–Trinajstić information content (AvgIpc) is 2.93. The van der Waals surface area contributed by atoms with Crippen molar-refractivity contribution in [2.45, 2.75) is 6.04 Å². The fraction of sp³-hybridized carbons (Fsp3) is 0.214. The number of carbonyl (C=O) groups is 1. The van der Waals surface area contributed by atoms with Crippen LogP contribution < -0.4 is 5.32 Å². The van der Waals surface area contributed by atoms with Gasteiger partial charge in [0.2, 0.25) is 5.76 Å². The van der Waals surface area contributed by atoms with Crippen LogP contribution >= 0.6 is 15.9 Å². The van der Waals surface area contributed by atoms with E-state index in [4.69, 9.17) is 4.42 Å². The van der Waals surface area contributed by atoms with Crippen LogP contribution in [0.1, 0.15) is 27.9 Å². The molecule has 1 aromatic carbocycles. The Balaban J connectivity index is 2.40. The van der Waals surface area contributed by atoms with Crippen molar-refractivity contribution < 1.29 is 18.3 Å². The monoisotopic (exact) mass is 341 g/mol. The molecule has 0 bridgehead atoms. The molecule has 106 valence electrons. The van der Waals surface area contributed by atoms with Crippen LogP contribution in [0, 0.1) is 5.82 Å². The Hall–Kier alpha value is -1.66. The minimum absolute atomic E-state index is 0.0816. The minimum atomic E-state index is -0.569. The first-order valence-electron chi connectivity index (χ1n) is 5.87. The molecule has 6 heteroatoms. The predicted molar refractivity (Wildman–Crippen MR) is 75.1 cm³/mol. The van der Waals surface area contributed by atoms with E-state index >= 15 is 0 Å². The zero-order valence-corrected chi connectivity index (χ0v) is 12.5. The van der Waals surface area contributed by atoms with Gasteiger partial charge in [0.25, 0.3) is 0 Å². The first-order valence-corrected chi connectivity index (χ1v) is 6.67. The van der Waals surface area contributed by atoms with Crippen LogP contribution in [0.5, 0.6) is 0 Å². The summed E-state index contributed by atoms with van der Waals surface area (Å²) < 4.78 is 24.5. The second kappa shape index (κ2) is 6.19. The smallest absolute Gasteiger partial charge is 0.373 e. The fourth-order valence-corrected chi connectivity index (χ4v) is 2.29. The molecule has 0 saturated carbocycles. The number of benzene rings is 1. The van der Waals surface area contributed by atoms with Crippen LogP contribution in [0.3, 0.4) is 0 Å². The third-order valence-corrected chi connectivity index (χ3v) is 3.49. The lowest BCUT2D eigenvalue weighted by molar-refractivity contribution is 0.0562. The number of esters is 1. The van der Waals surface area contributed by atoms with Crippen LogP contribution in [0.25, 0.3) is 0 Å². The first kappa shape index (κ1) is 14.7. The summed E-state index contributed by atoms with van der Waals surface area (Å²) in [6.07, 6.45) is 0. The summed E-state index contributed by atoms with van der Waals surface area (Å²) in [7, 11) is 2.96. The number of nitrogens with one attached hydrogen (secondary N) is 1. The highest BCUT2D eigenvalue weighted by atomic mass is 79.9. The van der Waals surface area contributed by atoms with E-state index in [2.05, 4.69) is 26.0 Å². The summed E-state index contributed by atoms with van der Waals surface area (Å²) in [4.78, 5) is 11.4. The van der Waals surface area contributed by atoms with Gasteiger partial charge in [-0.1, -0.05) is 12.1 Å². The lowest BCUT2D eigenvalue weighted by Crippen LogP contribution is -2.18. The van der Waals surface area contributed by atoms with Crippen molar-refractivity contribution in [1.29, 1.82) is 0 Å². The van der Waals surface area contributed by atoms with Crippen molar-refractivity contribution in [3.8, 4) is 0 Å². The molecule has 1 N–H and O–H groups in total. The molecule has 0 radical (unpaired) electrons. The molecule has 1 heterocycles. The number of halogens is 2. The van der Waals surface area contributed by atoms with Gasteiger partial charge >= 0.3 is 5.97 Å². The predicted octanol–water partition coefficient (Wildman–Crippen LogP) is 3.28. The number of furan rings is 1. The number of hydrogen-bond donors (Lipinski definition) is 1. The van der Waals surface area contributed by atoms with Gasteiger partial charge in [-0.3, -0.25) is 0 Å². The summed E-state index contributed by atoms with van der Waals surface area (Å²) in [6, 6.07) is 7.63. The van der Waals surface area contributed by atoms with Crippen molar-refractivity contribution in [3.63, 3.8) is 0 Å². The van der Waals surface area contributed by atoms with Gasteiger partial charge in [-0.05, 0) is 41.2 Å². The van der Waals surface area contributed by atoms with Gasteiger partial charge in [-0.2, -0.15) is 0 Å². The molecule has 0 fully saturated rings. The van der Waals surface area contributed by atoms with E-state index in [-0.39, 0.29) is 11.6 Å². The van der Waals surface area contributed by atoms with E-state index in [1.807, 2.05) is 0 Å². The average molecular weight is 342 g/mol. The van der Waals surface area contributed by atoms with Gasteiger partial charge < -0.3 is 14.5 Å². The molecular formula is C14H13BrFNO3. The van der Waals surface area contributed by atoms with E-state index in [0.717, 1.165) is 0 Å². The topological polar surface area (TPSA) is 51.5 Å². The van der Waals surface area contributed by atoms with Crippen LogP contribution in [-0.2, 0) is 4.74 Å². The molecule has 1 atom stereocenters. The van der Waals surface area contributed by atoms with Crippen molar-refractivity contribution in [2.24, 2.45) is 0 Å². The molecule has 0 aliphatic heterocycles. The Morgan fingerprint density at radius 3 is 2.80 bits per heavy atom. The van der Waals surface area contributed by atoms with E-state index in [1.54, 1.807) is 31.3 Å². The maximum Gasteiger partial charge on any atom is 0.373 e. The molecule has 0 aliphatic rings. The molecule has 0 aliphatic carbocycles. The standard InChI is InChI=1S/C14H13BrFNO3/c1-17-13(8-4-3-5-9(15)12(8)16)10-6-7-11(20-10)14(18)19-2/h3-7,13,17H,1-2H3. The summed E-state index contributed by atoms with van der Waals surface area (Å²) in [5.74, 6) is -0.424. The summed E-state index contributed by atoms with van der Waals surface area (Å²) in [5, 5.41) is 2.97. The SMILES string of the molecule is CNC(c1ccc(C(=O)OC)o1)c1cccc(Br)c1F. The van der Waals surface area contributed by atoms with Crippen molar-refractivity contribution in [3.05, 3.63) is 57.7 Å². The largest absolute Gasteiger partial charge is 0.463 e. The highest BCUT2D eigenvalue weighted by molar-refractivity contribution is 9.10. The lowest BCUT2D eigenvalue weighted by Gasteiger charge is -2.15. The third-order valence-electron chi connectivity index (χ3n) is 2.88. The number of methoxy groups -OCH3 is 1. The molecule has 1 unspecified atom stereocenters. The van der Waals surface area contributed by atoms with E-state index in [9.17, 15) is 9.18 Å². The lowest BCUT2D eigenvalue weighted by atomic mass is 10.0. The molecular weight excluding hydrogens is 329 g/mol. The second-order valence-electron chi connectivity index (χ2n) is 4.06. The van der Waals surface area contributed by atoms with Gasteiger partial charge in [0.05, 0.1) is 17.6 Å². The zero-order chi connectivity index (χ0) is 14.7. The Morgan fingerprint density at radius 2 is 2.15 bits per heavy atom. The fourth-order valence-electron chi connectivity index (χ4n) is 1.91. The van der Waals surface area contributed by atoms with Crippen molar-refractivity contribution in [2.75, 3.05) is 14.2 Å². The first-order chi connectivity index (χ1) is 9.58. The van der Waals surface area contributed by atoms with E-state index < -0.39 is 12.0 Å². The molecule has 1 aromatic heterocycles. The Kier molecular flexibility index (Phi) is 4.57. The number of hydrogen-bond acceptors (Lipinski definition) is 4. The summed E-state index contributed by atoms with van der Waals surface area (Å²) in [5.41, 5.74) is 0.424. The molecule has 4 nitrogen and oxygen atoms in total. The number of ether oxygens (including phenoxy) is 1.